The van der Waals surface area contributed by atoms with E-state index in [4.69, 9.17) is 4.74 Å². The number of anilines is 2. The number of amides is 5. The fraction of sp³-hybridized carbons (Fsp3) is 0.263. The standard InChI is InChI=1S/C38H34FN9O6/c1-54-29-4-2-3-26(39)32(29)35-41-20-27-34(43-35)33(45-44-27)21-5-8-23(9-6-21)46-15-17-47(18-16-46)31(50)13-14-40-22-7-10-24-25(19-22)38(53)48(37(24)52)28-11-12-30(49)42-36(28)51/h2-10,19-20,28,40H,11-18H2,1H3,(H,44,45)(H,42,49,51). The normalized spacial score (nSPS) is 17.2. The fourth-order valence-electron chi connectivity index (χ4n) is 7.12. The molecule has 3 aromatic carbocycles. The Balaban J connectivity index is 0.851. The minimum atomic E-state index is -1.03. The molecule has 16 heteroatoms. The van der Waals surface area contributed by atoms with E-state index in [-0.39, 0.29) is 47.7 Å². The monoisotopic (exact) mass is 731 g/mol. The first kappa shape index (κ1) is 34.4. The van der Waals surface area contributed by atoms with Gasteiger partial charge in [-0.3, -0.25) is 39.3 Å². The fourth-order valence-corrected chi connectivity index (χ4v) is 7.12. The number of benzene rings is 3. The van der Waals surface area contributed by atoms with Gasteiger partial charge in [-0.25, -0.2) is 14.4 Å². The lowest BCUT2D eigenvalue weighted by atomic mass is 10.0. The van der Waals surface area contributed by atoms with E-state index in [1.165, 1.54) is 19.2 Å². The van der Waals surface area contributed by atoms with Crippen molar-refractivity contribution in [2.45, 2.75) is 25.3 Å². The van der Waals surface area contributed by atoms with Gasteiger partial charge in [-0.2, -0.15) is 5.10 Å². The molecular formula is C38H34FN9O6. The number of fused-ring (bicyclic) bond motifs is 2. The molecule has 5 heterocycles. The number of carbonyl (C=O) groups is 5. The molecule has 5 amide bonds. The average molecular weight is 732 g/mol. The Hall–Kier alpha value is -6.71. The Morgan fingerprint density at radius 3 is 2.52 bits per heavy atom. The number of piperazine rings is 1. The second kappa shape index (κ2) is 14.0. The molecule has 2 saturated heterocycles. The van der Waals surface area contributed by atoms with Gasteiger partial charge in [0.25, 0.3) is 11.8 Å². The number of ether oxygens (including phenoxy) is 1. The van der Waals surface area contributed by atoms with Crippen LogP contribution in [0, 0.1) is 5.82 Å². The lowest BCUT2D eigenvalue weighted by Gasteiger charge is -2.36. The van der Waals surface area contributed by atoms with E-state index < -0.39 is 35.5 Å². The van der Waals surface area contributed by atoms with Crippen molar-refractivity contribution in [2.24, 2.45) is 0 Å². The highest BCUT2D eigenvalue weighted by molar-refractivity contribution is 6.23. The number of halogens is 1. The second-order valence-electron chi connectivity index (χ2n) is 13.1. The van der Waals surface area contributed by atoms with Crippen molar-refractivity contribution in [3.8, 4) is 28.4 Å². The van der Waals surface area contributed by atoms with Crippen molar-refractivity contribution in [3.63, 3.8) is 0 Å². The molecule has 274 valence electrons. The number of carbonyl (C=O) groups excluding carboxylic acids is 5. The zero-order valence-corrected chi connectivity index (χ0v) is 29.1. The van der Waals surface area contributed by atoms with Crippen LogP contribution in [-0.2, 0) is 14.4 Å². The molecule has 15 nitrogen and oxygen atoms in total. The molecule has 2 aromatic heterocycles. The first-order valence-electron chi connectivity index (χ1n) is 17.5. The van der Waals surface area contributed by atoms with E-state index >= 15 is 0 Å². The summed E-state index contributed by atoms with van der Waals surface area (Å²) in [6.07, 6.45) is 1.94. The average Bonchev–Trinajstić information content (AvgIpc) is 3.72. The van der Waals surface area contributed by atoms with Crippen molar-refractivity contribution < 1.29 is 33.1 Å². The van der Waals surface area contributed by atoms with Crippen LogP contribution < -0.4 is 20.3 Å². The number of imide groups is 2. The summed E-state index contributed by atoms with van der Waals surface area (Å²) in [5.74, 6) is -2.22. The van der Waals surface area contributed by atoms with Crippen LogP contribution >= 0.6 is 0 Å². The van der Waals surface area contributed by atoms with Gasteiger partial charge in [-0.05, 0) is 48.9 Å². The Labute approximate surface area is 307 Å². The molecular weight excluding hydrogens is 697 g/mol. The van der Waals surface area contributed by atoms with E-state index in [0.717, 1.165) is 16.2 Å². The molecule has 0 aliphatic carbocycles. The van der Waals surface area contributed by atoms with E-state index in [0.29, 0.717) is 60.9 Å². The third kappa shape index (κ3) is 6.24. The zero-order chi connectivity index (χ0) is 37.5. The summed E-state index contributed by atoms with van der Waals surface area (Å²) >= 11 is 0. The number of hydrogen-bond donors (Lipinski definition) is 3. The van der Waals surface area contributed by atoms with Crippen molar-refractivity contribution in [1.82, 2.24) is 35.3 Å². The Kier molecular flexibility index (Phi) is 8.93. The zero-order valence-electron chi connectivity index (χ0n) is 29.1. The van der Waals surface area contributed by atoms with E-state index in [9.17, 15) is 28.4 Å². The van der Waals surface area contributed by atoms with Crippen molar-refractivity contribution in [3.05, 3.63) is 83.8 Å². The summed E-state index contributed by atoms with van der Waals surface area (Å²) in [6.45, 7) is 2.72. The van der Waals surface area contributed by atoms with Crippen LogP contribution in [0.25, 0.3) is 33.7 Å². The van der Waals surface area contributed by atoms with Crippen LogP contribution in [0.4, 0.5) is 15.8 Å². The van der Waals surface area contributed by atoms with Crippen molar-refractivity contribution in [2.75, 3.05) is 50.1 Å². The second-order valence-corrected chi connectivity index (χ2v) is 13.1. The number of H-pyrrole nitrogens is 1. The summed E-state index contributed by atoms with van der Waals surface area (Å²) < 4.78 is 20.1. The molecule has 0 saturated carbocycles. The maximum atomic E-state index is 14.8. The molecule has 1 unspecified atom stereocenters. The Morgan fingerprint density at radius 1 is 0.981 bits per heavy atom. The van der Waals surface area contributed by atoms with Gasteiger partial charge in [0.2, 0.25) is 17.7 Å². The number of nitrogens with zero attached hydrogens (tertiary/aromatic N) is 6. The van der Waals surface area contributed by atoms with Crippen LogP contribution in [0.1, 0.15) is 40.0 Å². The summed E-state index contributed by atoms with van der Waals surface area (Å²) in [5, 5.41) is 12.8. The van der Waals surface area contributed by atoms with Gasteiger partial charge in [0.1, 0.15) is 34.3 Å². The van der Waals surface area contributed by atoms with Crippen LogP contribution in [0.2, 0.25) is 0 Å². The molecule has 2 fully saturated rings. The Morgan fingerprint density at radius 2 is 1.76 bits per heavy atom. The SMILES string of the molecule is COc1cccc(F)c1-c1ncc2[nH]nc(-c3ccc(N4CCN(C(=O)CCNc5ccc6c(c5)C(=O)N(C5CCC(=O)NC5=O)C6=O)CC4)cc3)c2n1. The van der Waals surface area contributed by atoms with Crippen LogP contribution in [0.15, 0.2) is 66.9 Å². The number of nitrogens with one attached hydrogen (secondary N) is 3. The number of piperidine rings is 1. The van der Waals surface area contributed by atoms with E-state index in [1.807, 2.05) is 29.2 Å². The van der Waals surface area contributed by atoms with Crippen molar-refractivity contribution in [1.29, 1.82) is 0 Å². The largest absolute Gasteiger partial charge is 0.496 e. The molecule has 3 N–H and O–H groups in total. The van der Waals surface area contributed by atoms with Crippen molar-refractivity contribution >= 4 is 51.9 Å². The number of hydrogen-bond acceptors (Lipinski definition) is 11. The topological polar surface area (TPSA) is 183 Å². The van der Waals surface area contributed by atoms with Crippen LogP contribution in [0.5, 0.6) is 5.75 Å². The molecule has 0 bridgehead atoms. The first-order chi connectivity index (χ1) is 26.2. The smallest absolute Gasteiger partial charge is 0.262 e. The maximum absolute atomic E-state index is 14.8. The van der Waals surface area contributed by atoms with Gasteiger partial charge in [0.05, 0.1) is 30.0 Å². The lowest BCUT2D eigenvalue weighted by molar-refractivity contribution is -0.136. The van der Waals surface area contributed by atoms with Gasteiger partial charge in [0.15, 0.2) is 5.82 Å². The molecule has 3 aliphatic rings. The van der Waals surface area contributed by atoms with Gasteiger partial charge >= 0.3 is 0 Å². The highest BCUT2D eigenvalue weighted by Gasteiger charge is 2.44. The predicted octanol–water partition coefficient (Wildman–Crippen LogP) is 3.39. The molecule has 8 rings (SSSR count). The predicted molar refractivity (Wildman–Crippen MR) is 194 cm³/mol. The molecule has 1 atom stereocenters. The highest BCUT2D eigenvalue weighted by Crippen LogP contribution is 2.34. The van der Waals surface area contributed by atoms with Gasteiger partial charge in [-0.1, -0.05) is 18.2 Å². The third-order valence-corrected chi connectivity index (χ3v) is 9.97. The number of aromatic nitrogens is 4. The molecule has 54 heavy (non-hydrogen) atoms. The van der Waals surface area contributed by atoms with E-state index in [1.54, 1.807) is 30.5 Å². The number of methoxy groups -OCH3 is 1. The summed E-state index contributed by atoms with van der Waals surface area (Å²) in [5.41, 5.74) is 4.71. The van der Waals surface area contributed by atoms with Gasteiger partial charge < -0.3 is 19.9 Å². The number of rotatable bonds is 9. The van der Waals surface area contributed by atoms with Gasteiger partial charge in [-0.15, -0.1) is 0 Å². The quantitative estimate of drug-likeness (QED) is 0.189. The summed E-state index contributed by atoms with van der Waals surface area (Å²) in [6, 6.07) is 16.2. The van der Waals surface area contributed by atoms with Crippen LogP contribution in [0.3, 0.4) is 0 Å². The Bertz CT molecular complexity index is 2340. The lowest BCUT2D eigenvalue weighted by Crippen LogP contribution is -2.54. The molecule has 5 aromatic rings. The molecule has 3 aliphatic heterocycles. The third-order valence-electron chi connectivity index (χ3n) is 9.97. The number of aromatic amines is 1. The minimum absolute atomic E-state index is 0.00582. The summed E-state index contributed by atoms with van der Waals surface area (Å²) in [4.78, 5) is 77.0. The molecule has 0 radical (unpaired) electrons. The molecule has 0 spiro atoms. The first-order valence-corrected chi connectivity index (χ1v) is 17.5. The summed E-state index contributed by atoms with van der Waals surface area (Å²) in [7, 11) is 1.47. The minimum Gasteiger partial charge on any atom is -0.496 e. The maximum Gasteiger partial charge on any atom is 0.262 e. The van der Waals surface area contributed by atoms with Gasteiger partial charge in [0, 0.05) is 62.5 Å². The van der Waals surface area contributed by atoms with E-state index in [2.05, 4.69) is 35.7 Å². The van der Waals surface area contributed by atoms with Crippen LogP contribution in [-0.4, -0.2) is 105 Å². The highest BCUT2D eigenvalue weighted by atomic mass is 19.1.